The molecular weight excluding hydrogens is 695 g/mol. The monoisotopic (exact) mass is 730 g/mol. The third kappa shape index (κ3) is 7.08. The van der Waals surface area contributed by atoms with Crippen LogP contribution in [0.5, 0.6) is 0 Å². The molecule has 2 aliphatic rings. The van der Waals surface area contributed by atoms with Crippen molar-refractivity contribution in [3.05, 3.63) is 118 Å². The fourth-order valence-corrected chi connectivity index (χ4v) is 7.30. The Labute approximate surface area is 309 Å². The van der Waals surface area contributed by atoms with Gasteiger partial charge >= 0.3 is 0 Å². The number of anilines is 5. The summed E-state index contributed by atoms with van der Waals surface area (Å²) < 4.78 is 14.4. The van der Waals surface area contributed by atoms with Gasteiger partial charge in [0.2, 0.25) is 5.95 Å². The summed E-state index contributed by atoms with van der Waals surface area (Å²) in [5.41, 5.74) is 6.93. The van der Waals surface area contributed by atoms with Gasteiger partial charge in [-0.2, -0.15) is 4.98 Å². The number of aromatic amines is 1. The molecule has 2 amide bonds. The van der Waals surface area contributed by atoms with Crippen molar-refractivity contribution in [3.8, 4) is 11.3 Å². The summed E-state index contributed by atoms with van der Waals surface area (Å²) in [6.07, 6.45) is 3.71. The predicted octanol–water partition coefficient (Wildman–Crippen LogP) is 6.46. The molecule has 3 aromatic carbocycles. The van der Waals surface area contributed by atoms with E-state index in [1.807, 2.05) is 24.3 Å². The third-order valence-electron chi connectivity index (χ3n) is 9.62. The molecule has 0 aliphatic carbocycles. The van der Waals surface area contributed by atoms with Gasteiger partial charge in [0.25, 0.3) is 11.8 Å². The molecule has 0 saturated carbocycles. The van der Waals surface area contributed by atoms with Crippen molar-refractivity contribution in [3.63, 3.8) is 0 Å². The van der Waals surface area contributed by atoms with Gasteiger partial charge < -0.3 is 31.2 Å². The number of piperazine rings is 1. The van der Waals surface area contributed by atoms with Crippen LogP contribution in [0.1, 0.15) is 31.8 Å². The highest BCUT2D eigenvalue weighted by molar-refractivity contribution is 6.33. The normalized spacial score (nSPS) is 14.5. The number of carbonyl (C=O) groups excluding carboxylic acids is 2. The highest BCUT2D eigenvalue weighted by Crippen LogP contribution is 2.38. The first-order valence-corrected chi connectivity index (χ1v) is 17.7. The van der Waals surface area contributed by atoms with E-state index in [2.05, 4.69) is 69.2 Å². The summed E-state index contributed by atoms with van der Waals surface area (Å²) in [5, 5.41) is 13.2. The van der Waals surface area contributed by atoms with Crippen LogP contribution in [-0.4, -0.2) is 76.4 Å². The minimum Gasteiger partial charge on any atom is -0.372 e. The fourth-order valence-electron chi connectivity index (χ4n) is 7.01. The Hall–Kier alpha value is -6.05. The van der Waals surface area contributed by atoms with Gasteiger partial charge in [0.15, 0.2) is 0 Å². The minimum absolute atomic E-state index is 0.267. The molecule has 0 spiro atoms. The zero-order valence-electron chi connectivity index (χ0n) is 28.8. The Bertz CT molecular complexity index is 2330. The second-order valence-corrected chi connectivity index (χ2v) is 13.4. The highest BCUT2D eigenvalue weighted by atomic mass is 35.5. The number of nitrogens with one attached hydrogen (secondary N) is 5. The van der Waals surface area contributed by atoms with E-state index in [0.717, 1.165) is 71.9 Å². The van der Waals surface area contributed by atoms with E-state index in [1.54, 1.807) is 31.4 Å². The maximum Gasteiger partial charge on any atom is 0.262 e. The molecule has 0 radical (unpaired) electrons. The van der Waals surface area contributed by atoms with Gasteiger partial charge in [-0.15, -0.1) is 0 Å². The number of H-pyrrole nitrogens is 1. The molecule has 0 unspecified atom stereocenters. The first-order valence-electron chi connectivity index (χ1n) is 17.4. The Morgan fingerprint density at radius 3 is 2.57 bits per heavy atom. The zero-order valence-corrected chi connectivity index (χ0v) is 29.6. The van der Waals surface area contributed by atoms with Crippen molar-refractivity contribution < 1.29 is 14.0 Å². The number of hydrogen-bond acceptors (Lipinski definition) is 9. The van der Waals surface area contributed by atoms with Crippen LogP contribution in [0, 0.1) is 5.82 Å². The Morgan fingerprint density at radius 2 is 1.81 bits per heavy atom. The van der Waals surface area contributed by atoms with Crippen LogP contribution in [-0.2, 0) is 13.0 Å². The standard InChI is InChI=1S/C39H36ClFN10O2/c1-42-36-30(38(53)48-33-4-2-3-12-43-33)21-45-39(49-36)46-25-6-8-26(9-7-25)51-16-14-50(15-17-51)22-23-5-10-27(31(40)18-23)35-28-11-13-44-37(52)29-19-24(41)20-32(47-35)34(28)29/h2-10,12,18-21,47H,11,13-17,22H2,1H3,(H,44,52)(H,43,48,53)(H2,42,45,46,49). The van der Waals surface area contributed by atoms with E-state index < -0.39 is 5.82 Å². The molecule has 1 saturated heterocycles. The Morgan fingerprint density at radius 1 is 0.981 bits per heavy atom. The van der Waals surface area contributed by atoms with Crippen LogP contribution in [0.15, 0.2) is 85.2 Å². The summed E-state index contributed by atoms with van der Waals surface area (Å²) in [6.45, 7) is 4.76. The lowest BCUT2D eigenvalue weighted by molar-refractivity contribution is 0.0955. The number of rotatable bonds is 9. The summed E-state index contributed by atoms with van der Waals surface area (Å²) in [6, 6.07) is 22.3. The average Bonchev–Trinajstić information content (AvgIpc) is 3.43. The second kappa shape index (κ2) is 14.5. The summed E-state index contributed by atoms with van der Waals surface area (Å²) in [4.78, 5) is 46.5. The molecule has 12 nitrogen and oxygen atoms in total. The van der Waals surface area contributed by atoms with E-state index in [-0.39, 0.29) is 11.8 Å². The van der Waals surface area contributed by atoms with Crippen LogP contribution < -0.4 is 26.2 Å². The number of carbonyl (C=O) groups is 2. The molecule has 8 rings (SSSR count). The van der Waals surface area contributed by atoms with Crippen LogP contribution >= 0.6 is 11.6 Å². The van der Waals surface area contributed by atoms with Crippen LogP contribution in [0.3, 0.4) is 0 Å². The van der Waals surface area contributed by atoms with Crippen molar-refractivity contribution in [1.82, 2.24) is 30.2 Å². The molecular formula is C39H36ClFN10O2. The number of aromatic nitrogens is 4. The number of halogens is 2. The van der Waals surface area contributed by atoms with Gasteiger partial charge in [0.05, 0.1) is 16.3 Å². The van der Waals surface area contributed by atoms with E-state index >= 15 is 0 Å². The van der Waals surface area contributed by atoms with Crippen molar-refractivity contribution in [2.24, 2.45) is 0 Å². The number of amides is 2. The van der Waals surface area contributed by atoms with Gasteiger partial charge in [-0.1, -0.05) is 29.8 Å². The van der Waals surface area contributed by atoms with Crippen molar-refractivity contribution in [2.75, 3.05) is 60.6 Å². The van der Waals surface area contributed by atoms with E-state index in [4.69, 9.17) is 11.6 Å². The summed E-state index contributed by atoms with van der Waals surface area (Å²) in [5.74, 6) is 0.121. The smallest absolute Gasteiger partial charge is 0.262 e. The maximum atomic E-state index is 14.4. The van der Waals surface area contributed by atoms with Crippen molar-refractivity contribution in [1.29, 1.82) is 0 Å². The first kappa shape index (κ1) is 34.1. The molecule has 2 aliphatic heterocycles. The topological polar surface area (TPSA) is 143 Å². The van der Waals surface area contributed by atoms with Crippen LogP contribution in [0.2, 0.25) is 5.02 Å². The van der Waals surface area contributed by atoms with Crippen LogP contribution in [0.4, 0.5) is 33.3 Å². The highest BCUT2D eigenvalue weighted by Gasteiger charge is 2.25. The number of pyridine rings is 1. The maximum absolute atomic E-state index is 14.4. The quantitative estimate of drug-likeness (QED) is 0.113. The molecule has 0 atom stereocenters. The zero-order chi connectivity index (χ0) is 36.5. The van der Waals surface area contributed by atoms with E-state index in [1.165, 1.54) is 18.3 Å². The first-order chi connectivity index (χ1) is 25.8. The van der Waals surface area contributed by atoms with Crippen molar-refractivity contribution in [2.45, 2.75) is 13.0 Å². The van der Waals surface area contributed by atoms with Gasteiger partial charge in [-0.25, -0.2) is 14.4 Å². The molecule has 3 aromatic heterocycles. The summed E-state index contributed by atoms with van der Waals surface area (Å²) in [7, 11) is 1.70. The average molecular weight is 731 g/mol. The third-order valence-corrected chi connectivity index (χ3v) is 9.93. The fraction of sp³-hybridized carbons (Fsp3) is 0.205. The van der Waals surface area contributed by atoms with Crippen LogP contribution in [0.25, 0.3) is 22.2 Å². The summed E-state index contributed by atoms with van der Waals surface area (Å²) >= 11 is 6.89. The molecule has 6 aromatic rings. The lowest BCUT2D eigenvalue weighted by atomic mass is 9.99. The van der Waals surface area contributed by atoms with Crippen molar-refractivity contribution >= 4 is 63.3 Å². The molecule has 14 heteroatoms. The second-order valence-electron chi connectivity index (χ2n) is 13.0. The lowest BCUT2D eigenvalue weighted by Crippen LogP contribution is -2.45. The Balaban J connectivity index is 0.877. The lowest BCUT2D eigenvalue weighted by Gasteiger charge is -2.36. The molecule has 5 N–H and O–H groups in total. The molecule has 1 fully saturated rings. The van der Waals surface area contributed by atoms with Gasteiger partial charge in [0.1, 0.15) is 23.0 Å². The number of benzene rings is 3. The molecule has 53 heavy (non-hydrogen) atoms. The predicted molar refractivity (Wildman–Crippen MR) is 206 cm³/mol. The largest absolute Gasteiger partial charge is 0.372 e. The van der Waals surface area contributed by atoms with E-state index in [0.29, 0.717) is 52.2 Å². The SMILES string of the molecule is CNc1nc(Nc2ccc(N3CCN(Cc4ccc(-c5[nH]c6cc(F)cc7c6c5CCNC7=O)c(Cl)c4)CC3)cc2)ncc1C(=O)Nc1ccccn1. The van der Waals surface area contributed by atoms with Gasteiger partial charge in [0, 0.05) is 86.6 Å². The molecule has 0 bridgehead atoms. The van der Waals surface area contributed by atoms with Gasteiger partial charge in [-0.3, -0.25) is 14.5 Å². The minimum atomic E-state index is -0.456. The van der Waals surface area contributed by atoms with E-state index in [9.17, 15) is 14.0 Å². The number of hydrogen-bond donors (Lipinski definition) is 5. The molecule has 5 heterocycles. The number of nitrogens with zero attached hydrogens (tertiary/aromatic N) is 5. The Kier molecular flexibility index (Phi) is 9.33. The van der Waals surface area contributed by atoms with Gasteiger partial charge in [-0.05, 0) is 72.1 Å². The molecule has 268 valence electrons.